The first-order valence-electron chi connectivity index (χ1n) is 13.1. The van der Waals surface area contributed by atoms with Crippen LogP contribution in [0.25, 0.3) is 0 Å². The molecule has 218 valence electrons. The van der Waals surface area contributed by atoms with Crippen molar-refractivity contribution in [1.82, 2.24) is 0 Å². The fourth-order valence-electron chi connectivity index (χ4n) is 3.73. The second-order valence-electron chi connectivity index (χ2n) is 9.53. The highest BCUT2D eigenvalue weighted by Gasteiger charge is 2.20. The molecule has 0 saturated heterocycles. The summed E-state index contributed by atoms with van der Waals surface area (Å²) in [6.45, 7) is 7.21. The van der Waals surface area contributed by atoms with Crippen LogP contribution in [-0.4, -0.2) is 24.0 Å². The highest BCUT2D eigenvalue weighted by molar-refractivity contribution is 8.76. The molecule has 0 aliphatic carbocycles. The van der Waals surface area contributed by atoms with Crippen LogP contribution in [0.4, 0.5) is 11.4 Å². The first-order chi connectivity index (χ1) is 20.1. The quantitative estimate of drug-likeness (QED) is 0.159. The lowest BCUT2D eigenvalue weighted by Gasteiger charge is -2.18. The van der Waals surface area contributed by atoms with Crippen LogP contribution >= 0.6 is 44.8 Å². The molecule has 0 heterocycles. The maximum atomic E-state index is 13.0. The first kappa shape index (κ1) is 31.6. The monoisotopic (exact) mass is 640 g/mol. The van der Waals surface area contributed by atoms with Crippen LogP contribution in [0.3, 0.4) is 0 Å². The van der Waals surface area contributed by atoms with Crippen LogP contribution in [0.5, 0.6) is 11.5 Å². The molecular formula is C32H30Cl2N2O4S2. The number of amides is 2. The molecular weight excluding hydrogens is 611 g/mol. The second kappa shape index (κ2) is 14.7. The number of ether oxygens (including phenoxy) is 2. The van der Waals surface area contributed by atoms with E-state index in [9.17, 15) is 9.59 Å². The zero-order valence-corrected chi connectivity index (χ0v) is 26.6. The van der Waals surface area contributed by atoms with Crippen molar-refractivity contribution in [1.29, 1.82) is 0 Å². The van der Waals surface area contributed by atoms with Gasteiger partial charge in [-0.2, -0.15) is 0 Å². The van der Waals surface area contributed by atoms with E-state index >= 15 is 0 Å². The standard InChI is InChI=1S/C32H30Cl2N2O4S2/c1-19-13-15-27(23(33)17-19)39-21(3)31(37)35-25-9-5-7-11-29(25)41-42-30-12-8-6-10-26(30)36-32(38)22(4)40-28-16-14-20(2)18-24(28)34/h5-18,21-22H,1-4H3,(H,35,37)(H,36,38). The predicted octanol–water partition coefficient (Wildman–Crippen LogP) is 9.22. The number of hydrogen-bond donors (Lipinski definition) is 2. The van der Waals surface area contributed by atoms with Gasteiger partial charge in [-0.15, -0.1) is 0 Å². The van der Waals surface area contributed by atoms with Gasteiger partial charge in [0.15, 0.2) is 12.2 Å². The summed E-state index contributed by atoms with van der Waals surface area (Å²) in [7, 11) is 2.91. The third-order valence-corrected chi connectivity index (χ3v) is 9.10. The summed E-state index contributed by atoms with van der Waals surface area (Å²) in [4.78, 5) is 27.6. The van der Waals surface area contributed by atoms with E-state index in [1.165, 1.54) is 21.6 Å². The van der Waals surface area contributed by atoms with E-state index in [1.807, 2.05) is 74.5 Å². The van der Waals surface area contributed by atoms with Crippen LogP contribution in [0.1, 0.15) is 25.0 Å². The Morgan fingerprint density at radius 3 is 1.40 bits per heavy atom. The van der Waals surface area contributed by atoms with Gasteiger partial charge in [0, 0.05) is 9.79 Å². The van der Waals surface area contributed by atoms with E-state index < -0.39 is 12.2 Å². The van der Waals surface area contributed by atoms with Gasteiger partial charge in [-0.05, 0) is 87.4 Å². The second-order valence-corrected chi connectivity index (χ2v) is 12.6. The number of rotatable bonds is 11. The summed E-state index contributed by atoms with van der Waals surface area (Å²) in [5, 5.41) is 6.81. The molecule has 2 amide bonds. The van der Waals surface area contributed by atoms with E-state index in [-0.39, 0.29) is 11.8 Å². The number of nitrogens with one attached hydrogen (secondary N) is 2. The smallest absolute Gasteiger partial charge is 0.265 e. The summed E-state index contributed by atoms with van der Waals surface area (Å²) < 4.78 is 11.6. The molecule has 0 aromatic heterocycles. The number of aryl methyl sites for hydroxylation is 2. The van der Waals surface area contributed by atoms with E-state index in [0.29, 0.717) is 32.9 Å². The zero-order chi connectivity index (χ0) is 30.2. The van der Waals surface area contributed by atoms with Crippen molar-refractivity contribution >= 4 is 68.0 Å². The fraction of sp³-hybridized carbons (Fsp3) is 0.188. The molecule has 6 nitrogen and oxygen atoms in total. The molecule has 4 aromatic rings. The molecule has 0 saturated carbocycles. The maximum absolute atomic E-state index is 13.0. The van der Waals surface area contributed by atoms with Crippen molar-refractivity contribution in [3.05, 3.63) is 106 Å². The number of carbonyl (C=O) groups is 2. The van der Waals surface area contributed by atoms with Crippen molar-refractivity contribution in [2.45, 2.75) is 49.7 Å². The average molecular weight is 642 g/mol. The summed E-state index contributed by atoms with van der Waals surface area (Å²) >= 11 is 12.5. The summed E-state index contributed by atoms with van der Waals surface area (Å²) in [5.74, 6) is 0.284. The van der Waals surface area contributed by atoms with Gasteiger partial charge < -0.3 is 20.1 Å². The maximum Gasteiger partial charge on any atom is 0.265 e. The number of benzene rings is 4. The largest absolute Gasteiger partial charge is 0.479 e. The Morgan fingerprint density at radius 1 is 0.643 bits per heavy atom. The Balaban J connectivity index is 1.39. The molecule has 10 heteroatoms. The van der Waals surface area contributed by atoms with E-state index in [0.717, 1.165) is 20.9 Å². The van der Waals surface area contributed by atoms with E-state index in [2.05, 4.69) is 10.6 Å². The number of hydrogen-bond acceptors (Lipinski definition) is 6. The van der Waals surface area contributed by atoms with Crippen LogP contribution in [0.2, 0.25) is 10.0 Å². The normalized spacial score (nSPS) is 12.2. The molecule has 42 heavy (non-hydrogen) atoms. The molecule has 0 radical (unpaired) electrons. The predicted molar refractivity (Wildman–Crippen MR) is 174 cm³/mol. The molecule has 0 spiro atoms. The van der Waals surface area contributed by atoms with Crippen molar-refractivity contribution in [2.75, 3.05) is 10.6 Å². The average Bonchev–Trinajstić information content (AvgIpc) is 2.96. The van der Waals surface area contributed by atoms with Gasteiger partial charge in [-0.25, -0.2) is 0 Å². The Morgan fingerprint density at radius 2 is 1.02 bits per heavy atom. The van der Waals surface area contributed by atoms with Crippen molar-refractivity contribution in [2.24, 2.45) is 0 Å². The van der Waals surface area contributed by atoms with Crippen molar-refractivity contribution in [3.63, 3.8) is 0 Å². The molecule has 0 aliphatic heterocycles. The Bertz CT molecular complexity index is 1470. The van der Waals surface area contributed by atoms with Crippen LogP contribution < -0.4 is 20.1 Å². The van der Waals surface area contributed by atoms with Gasteiger partial charge in [-0.3, -0.25) is 9.59 Å². The molecule has 2 N–H and O–H groups in total. The fourth-order valence-corrected chi connectivity index (χ4v) is 6.57. The number of anilines is 2. The number of para-hydroxylation sites is 2. The molecule has 2 atom stereocenters. The summed E-state index contributed by atoms with van der Waals surface area (Å²) in [6.07, 6.45) is -1.54. The van der Waals surface area contributed by atoms with Crippen LogP contribution in [0.15, 0.2) is 94.7 Å². The highest BCUT2D eigenvalue weighted by atomic mass is 35.5. The van der Waals surface area contributed by atoms with Gasteiger partial charge in [-0.1, -0.05) is 81.2 Å². The topological polar surface area (TPSA) is 76.7 Å². The SMILES string of the molecule is Cc1ccc(OC(C)C(=O)Nc2ccccc2SSc2ccccc2NC(=O)C(C)Oc2ccc(C)cc2Cl)c(Cl)c1. The first-order valence-corrected chi connectivity index (χ1v) is 16.0. The number of halogens is 2. The third kappa shape index (κ3) is 8.61. The minimum absolute atomic E-state index is 0.306. The Kier molecular flexibility index (Phi) is 11.1. The van der Waals surface area contributed by atoms with Crippen molar-refractivity contribution in [3.8, 4) is 11.5 Å². The third-order valence-electron chi connectivity index (χ3n) is 6.03. The Labute approximate surface area is 263 Å². The zero-order valence-electron chi connectivity index (χ0n) is 23.4. The van der Waals surface area contributed by atoms with Gasteiger partial charge in [0.25, 0.3) is 11.8 Å². The molecule has 2 unspecified atom stereocenters. The Hall–Kier alpha value is -3.30. The van der Waals surface area contributed by atoms with E-state index in [1.54, 1.807) is 38.1 Å². The summed E-state index contributed by atoms with van der Waals surface area (Å²) in [6, 6.07) is 25.8. The molecule has 0 aliphatic rings. The van der Waals surface area contributed by atoms with Crippen LogP contribution in [-0.2, 0) is 9.59 Å². The number of carbonyl (C=O) groups excluding carboxylic acids is 2. The van der Waals surface area contributed by atoms with Gasteiger partial charge in [0.05, 0.1) is 21.4 Å². The molecule has 4 aromatic carbocycles. The minimum atomic E-state index is -0.772. The molecule has 0 bridgehead atoms. The molecule has 0 fully saturated rings. The highest BCUT2D eigenvalue weighted by Crippen LogP contribution is 2.43. The lowest BCUT2D eigenvalue weighted by atomic mass is 10.2. The van der Waals surface area contributed by atoms with Gasteiger partial charge in [0.2, 0.25) is 0 Å². The minimum Gasteiger partial charge on any atom is -0.479 e. The van der Waals surface area contributed by atoms with Gasteiger partial charge in [0.1, 0.15) is 11.5 Å². The van der Waals surface area contributed by atoms with Gasteiger partial charge >= 0.3 is 0 Å². The lowest BCUT2D eigenvalue weighted by molar-refractivity contribution is -0.122. The van der Waals surface area contributed by atoms with E-state index in [4.69, 9.17) is 32.7 Å². The van der Waals surface area contributed by atoms with Crippen molar-refractivity contribution < 1.29 is 19.1 Å². The molecule has 4 rings (SSSR count). The lowest BCUT2D eigenvalue weighted by Crippen LogP contribution is -2.30. The van der Waals surface area contributed by atoms with Crippen LogP contribution in [0, 0.1) is 13.8 Å². The summed E-state index contributed by atoms with van der Waals surface area (Å²) in [5.41, 5.74) is 3.29.